The maximum absolute atomic E-state index is 4.67. The molecule has 0 aliphatic carbocycles. The van der Waals surface area contributed by atoms with Crippen LogP contribution in [-0.2, 0) is 0 Å². The fourth-order valence-electron chi connectivity index (χ4n) is 1.74. The topological polar surface area (TPSA) is 24.9 Å². The minimum absolute atomic E-state index is 0.442. The van der Waals surface area contributed by atoms with E-state index in [1.807, 2.05) is 11.3 Å². The molecule has 1 rings (SSSR count). The minimum Gasteiger partial charge on any atom is -0.306 e. The molecule has 0 saturated carbocycles. The van der Waals surface area contributed by atoms with Gasteiger partial charge >= 0.3 is 0 Å². The molecule has 0 amide bonds. The third-order valence-electron chi connectivity index (χ3n) is 2.72. The van der Waals surface area contributed by atoms with Crippen molar-refractivity contribution >= 4 is 11.3 Å². The number of rotatable bonds is 6. The molecule has 0 saturated heterocycles. The third-order valence-corrected chi connectivity index (χ3v) is 3.91. The quantitative estimate of drug-likeness (QED) is 0.813. The largest absolute Gasteiger partial charge is 0.306 e. The number of aryl methyl sites for hydroxylation is 2. The van der Waals surface area contributed by atoms with Crippen molar-refractivity contribution < 1.29 is 0 Å². The van der Waals surface area contributed by atoms with Crippen LogP contribution in [0, 0.1) is 13.8 Å². The smallest absolute Gasteiger partial charge is 0.110 e. The molecular weight excluding hydrogens is 216 g/mol. The van der Waals surface area contributed by atoms with Gasteiger partial charge in [0.2, 0.25) is 0 Å². The van der Waals surface area contributed by atoms with E-state index in [1.165, 1.54) is 34.8 Å². The number of hydrogen-bond donors (Lipinski definition) is 1. The molecule has 1 aromatic rings. The number of nitrogens with one attached hydrogen (secondary N) is 1. The van der Waals surface area contributed by atoms with Gasteiger partial charge in [-0.3, -0.25) is 0 Å². The normalized spacial score (nSPS) is 13.4. The molecule has 0 aromatic carbocycles. The monoisotopic (exact) mass is 240 g/mol. The summed E-state index contributed by atoms with van der Waals surface area (Å²) in [6, 6.07) is 0.962. The van der Waals surface area contributed by atoms with Gasteiger partial charge in [0.05, 0.1) is 11.7 Å². The van der Waals surface area contributed by atoms with Crippen LogP contribution in [0.1, 0.15) is 61.7 Å². The highest BCUT2D eigenvalue weighted by Crippen LogP contribution is 2.26. The van der Waals surface area contributed by atoms with Crippen LogP contribution in [-0.4, -0.2) is 11.0 Å². The van der Waals surface area contributed by atoms with Gasteiger partial charge in [-0.2, -0.15) is 0 Å². The average molecular weight is 240 g/mol. The maximum Gasteiger partial charge on any atom is 0.110 e. The first-order valence-corrected chi connectivity index (χ1v) is 7.06. The average Bonchev–Trinajstić information content (AvgIpc) is 2.53. The van der Waals surface area contributed by atoms with Crippen molar-refractivity contribution in [3.63, 3.8) is 0 Å². The summed E-state index contributed by atoms with van der Waals surface area (Å²) >= 11 is 1.84. The molecule has 16 heavy (non-hydrogen) atoms. The van der Waals surface area contributed by atoms with Gasteiger partial charge in [0.25, 0.3) is 0 Å². The molecular formula is C13H24N2S. The predicted molar refractivity (Wildman–Crippen MR) is 72.1 cm³/mol. The Morgan fingerprint density at radius 1 is 1.31 bits per heavy atom. The van der Waals surface area contributed by atoms with Crippen molar-refractivity contribution in [1.29, 1.82) is 0 Å². The predicted octanol–water partition coefficient (Wildman–Crippen LogP) is 3.99. The van der Waals surface area contributed by atoms with Crippen LogP contribution in [0.2, 0.25) is 0 Å². The second-order valence-corrected chi connectivity index (χ2v) is 5.94. The van der Waals surface area contributed by atoms with Crippen molar-refractivity contribution in [3.8, 4) is 0 Å². The summed E-state index contributed by atoms with van der Waals surface area (Å²) in [5, 5.41) is 4.88. The SMILES string of the molecule is CCCCC(NC(C)C)c1nc(C)c(C)s1. The molecule has 0 bridgehead atoms. The van der Waals surface area contributed by atoms with E-state index < -0.39 is 0 Å². The van der Waals surface area contributed by atoms with Gasteiger partial charge in [0.15, 0.2) is 0 Å². The Morgan fingerprint density at radius 2 is 2.00 bits per heavy atom. The van der Waals surface area contributed by atoms with Crippen LogP contribution in [0.25, 0.3) is 0 Å². The van der Waals surface area contributed by atoms with Crippen molar-refractivity contribution in [1.82, 2.24) is 10.3 Å². The summed E-state index contributed by atoms with van der Waals surface area (Å²) in [4.78, 5) is 6.02. The van der Waals surface area contributed by atoms with Gasteiger partial charge in [0, 0.05) is 10.9 Å². The highest BCUT2D eigenvalue weighted by Gasteiger charge is 2.16. The van der Waals surface area contributed by atoms with Gasteiger partial charge < -0.3 is 5.32 Å². The number of thiazole rings is 1. The Hall–Kier alpha value is -0.410. The first kappa shape index (κ1) is 13.7. The molecule has 3 heteroatoms. The van der Waals surface area contributed by atoms with E-state index in [-0.39, 0.29) is 0 Å². The van der Waals surface area contributed by atoms with E-state index in [2.05, 4.69) is 44.9 Å². The lowest BCUT2D eigenvalue weighted by Gasteiger charge is -2.18. The maximum atomic E-state index is 4.67. The van der Waals surface area contributed by atoms with Gasteiger partial charge in [-0.15, -0.1) is 11.3 Å². The van der Waals surface area contributed by atoms with Crippen LogP contribution in [0.15, 0.2) is 0 Å². The van der Waals surface area contributed by atoms with Crippen LogP contribution in [0.3, 0.4) is 0 Å². The second kappa shape index (κ2) is 6.36. The molecule has 1 N–H and O–H groups in total. The summed E-state index contributed by atoms with van der Waals surface area (Å²) in [6.07, 6.45) is 3.71. The van der Waals surface area contributed by atoms with E-state index in [0.717, 1.165) is 0 Å². The molecule has 0 aliphatic rings. The molecule has 0 aliphatic heterocycles. The third kappa shape index (κ3) is 3.87. The Labute approximate surface area is 103 Å². The lowest BCUT2D eigenvalue weighted by atomic mass is 10.1. The van der Waals surface area contributed by atoms with E-state index in [4.69, 9.17) is 0 Å². The number of hydrogen-bond acceptors (Lipinski definition) is 3. The first-order valence-electron chi connectivity index (χ1n) is 6.24. The Kier molecular flexibility index (Phi) is 5.42. The van der Waals surface area contributed by atoms with E-state index >= 15 is 0 Å². The first-order chi connectivity index (χ1) is 7.54. The standard InChI is InChI=1S/C13H24N2S/c1-6-7-8-12(14-9(2)3)13-15-10(4)11(5)16-13/h9,12,14H,6-8H2,1-5H3. The zero-order valence-electron chi connectivity index (χ0n) is 11.1. The summed E-state index contributed by atoms with van der Waals surface area (Å²) in [5.41, 5.74) is 1.19. The lowest BCUT2D eigenvalue weighted by molar-refractivity contribution is 0.438. The highest BCUT2D eigenvalue weighted by molar-refractivity contribution is 7.11. The summed E-state index contributed by atoms with van der Waals surface area (Å²) in [5.74, 6) is 0. The van der Waals surface area contributed by atoms with Crippen LogP contribution < -0.4 is 5.32 Å². The van der Waals surface area contributed by atoms with Crippen molar-refractivity contribution in [2.75, 3.05) is 0 Å². The molecule has 1 atom stereocenters. The fourth-order valence-corrected chi connectivity index (χ4v) is 2.75. The summed E-state index contributed by atoms with van der Waals surface area (Å²) in [7, 11) is 0. The molecule has 2 nitrogen and oxygen atoms in total. The lowest BCUT2D eigenvalue weighted by Crippen LogP contribution is -2.28. The molecule has 0 radical (unpaired) electrons. The zero-order chi connectivity index (χ0) is 12.1. The van der Waals surface area contributed by atoms with Crippen molar-refractivity contribution in [2.45, 2.75) is 66.0 Å². The van der Waals surface area contributed by atoms with Gasteiger partial charge in [-0.05, 0) is 20.3 Å². The Bertz CT molecular complexity index is 298. The van der Waals surface area contributed by atoms with Crippen LogP contribution >= 0.6 is 11.3 Å². The van der Waals surface area contributed by atoms with Gasteiger partial charge in [-0.1, -0.05) is 33.6 Å². The molecule has 1 heterocycles. The summed E-state index contributed by atoms with van der Waals surface area (Å²) in [6.45, 7) is 10.9. The Balaban J connectivity index is 2.74. The molecule has 0 fully saturated rings. The van der Waals surface area contributed by atoms with Gasteiger partial charge in [-0.25, -0.2) is 4.98 Å². The second-order valence-electron chi connectivity index (χ2n) is 4.71. The number of unbranched alkanes of at least 4 members (excludes halogenated alkanes) is 1. The van der Waals surface area contributed by atoms with Crippen molar-refractivity contribution in [2.24, 2.45) is 0 Å². The van der Waals surface area contributed by atoms with Crippen LogP contribution in [0.4, 0.5) is 0 Å². The van der Waals surface area contributed by atoms with E-state index in [9.17, 15) is 0 Å². The van der Waals surface area contributed by atoms with Gasteiger partial charge in [0.1, 0.15) is 5.01 Å². The molecule has 1 unspecified atom stereocenters. The molecule has 92 valence electrons. The number of nitrogens with zero attached hydrogens (tertiary/aromatic N) is 1. The molecule has 1 aromatic heterocycles. The van der Waals surface area contributed by atoms with Crippen LogP contribution in [0.5, 0.6) is 0 Å². The minimum atomic E-state index is 0.442. The van der Waals surface area contributed by atoms with Crippen molar-refractivity contribution in [3.05, 3.63) is 15.6 Å². The van der Waals surface area contributed by atoms with E-state index in [0.29, 0.717) is 12.1 Å². The fraction of sp³-hybridized carbons (Fsp3) is 0.769. The number of aromatic nitrogens is 1. The zero-order valence-corrected chi connectivity index (χ0v) is 11.9. The Morgan fingerprint density at radius 3 is 2.44 bits per heavy atom. The van der Waals surface area contributed by atoms with E-state index in [1.54, 1.807) is 0 Å². The molecule has 0 spiro atoms. The summed E-state index contributed by atoms with van der Waals surface area (Å²) < 4.78 is 0. The highest BCUT2D eigenvalue weighted by atomic mass is 32.1.